The molecule has 0 aliphatic rings. The Morgan fingerprint density at radius 2 is 1.42 bits per heavy atom. The molecular formula is C34H46BN3O7. The number of anilines is 1. The molecule has 45 heavy (non-hydrogen) atoms. The van der Waals surface area contributed by atoms with Gasteiger partial charge in [0.05, 0.1) is 39.7 Å². The molecule has 0 spiro atoms. The second-order valence-electron chi connectivity index (χ2n) is 11.8. The maximum absolute atomic E-state index is 13.6. The Hall–Kier alpha value is -4.22. The van der Waals surface area contributed by atoms with Crippen molar-refractivity contribution < 1.29 is 33.8 Å². The molecule has 3 rings (SSSR count). The van der Waals surface area contributed by atoms with Crippen molar-refractivity contribution in [2.75, 3.05) is 26.6 Å². The molecule has 0 radical (unpaired) electrons. The predicted molar refractivity (Wildman–Crippen MR) is 177 cm³/mol. The fraction of sp³-hybridized carbons (Fsp3) is 0.412. The van der Waals surface area contributed by atoms with Crippen LogP contribution in [0.3, 0.4) is 0 Å². The van der Waals surface area contributed by atoms with Gasteiger partial charge in [-0.2, -0.15) is 0 Å². The van der Waals surface area contributed by atoms with E-state index in [1.807, 2.05) is 82.3 Å². The lowest BCUT2D eigenvalue weighted by molar-refractivity contribution is -0.130. The first-order valence-electron chi connectivity index (χ1n) is 15.1. The molecule has 0 aliphatic heterocycles. The van der Waals surface area contributed by atoms with Crippen LogP contribution < -0.4 is 30.2 Å². The highest BCUT2D eigenvalue weighted by atomic mass is 16.5. The van der Waals surface area contributed by atoms with Gasteiger partial charge in [-0.3, -0.25) is 9.59 Å². The van der Waals surface area contributed by atoms with Crippen LogP contribution in [0, 0.1) is 11.8 Å². The van der Waals surface area contributed by atoms with Crippen molar-refractivity contribution in [3.8, 4) is 28.4 Å². The van der Waals surface area contributed by atoms with Crippen LogP contribution in [0.1, 0.15) is 52.1 Å². The van der Waals surface area contributed by atoms with E-state index < -0.39 is 31.1 Å². The maximum atomic E-state index is 13.6. The van der Waals surface area contributed by atoms with Gasteiger partial charge in [-0.1, -0.05) is 70.2 Å². The Kier molecular flexibility index (Phi) is 13.1. The van der Waals surface area contributed by atoms with Crippen LogP contribution in [0.2, 0.25) is 0 Å². The number of methoxy groups -OCH3 is 3. The first-order valence-corrected chi connectivity index (χ1v) is 15.1. The average Bonchev–Trinajstić information content (AvgIpc) is 3.02. The summed E-state index contributed by atoms with van der Waals surface area (Å²) < 4.78 is 16.7. The molecule has 0 aliphatic carbocycles. The summed E-state index contributed by atoms with van der Waals surface area (Å²) in [5, 5.41) is 28.7. The van der Waals surface area contributed by atoms with Gasteiger partial charge < -0.3 is 40.2 Å². The molecule has 3 aromatic rings. The van der Waals surface area contributed by atoms with Crippen LogP contribution in [-0.2, 0) is 9.59 Å². The van der Waals surface area contributed by atoms with Gasteiger partial charge in [-0.25, -0.2) is 0 Å². The number of benzene rings is 3. The van der Waals surface area contributed by atoms with Crippen LogP contribution in [0.25, 0.3) is 11.1 Å². The van der Waals surface area contributed by atoms with Gasteiger partial charge in [0, 0.05) is 5.69 Å². The molecule has 242 valence electrons. The van der Waals surface area contributed by atoms with Gasteiger partial charge in [0.1, 0.15) is 6.04 Å². The van der Waals surface area contributed by atoms with Crippen LogP contribution >= 0.6 is 0 Å². The molecule has 3 aromatic carbocycles. The zero-order valence-corrected chi connectivity index (χ0v) is 27.2. The molecule has 10 nitrogen and oxygen atoms in total. The van der Waals surface area contributed by atoms with Crippen LogP contribution in [0.15, 0.2) is 66.7 Å². The standard InChI is InChI=1S/C34H46BN3O7/c1-21(2)16-30(35(41)42)37-34(40)32(22(3)4)38-31(39)20-27(25-18-28(43-5)33(45-7)29(19-25)44-6)36-26-15-11-14-24(17-26)23-12-9-8-10-13-23/h8-15,17-19,21-22,27,30,32,36,41-42H,16,20H2,1-7H3,(H,37,40)(H,38,39)/t27-,30+,32+/m1/s1. The largest absolute Gasteiger partial charge is 0.493 e. The lowest BCUT2D eigenvalue weighted by atomic mass is 9.75. The lowest BCUT2D eigenvalue weighted by Gasteiger charge is -2.27. The topological polar surface area (TPSA) is 138 Å². The summed E-state index contributed by atoms with van der Waals surface area (Å²) in [4.78, 5) is 26.9. The molecule has 0 saturated heterocycles. The smallest absolute Gasteiger partial charge is 0.475 e. The molecular weight excluding hydrogens is 573 g/mol. The third-order valence-corrected chi connectivity index (χ3v) is 7.47. The molecule has 2 amide bonds. The summed E-state index contributed by atoms with van der Waals surface area (Å²) in [6, 6.07) is 20.0. The number of amides is 2. The molecule has 0 unspecified atom stereocenters. The molecule has 0 saturated carbocycles. The Labute approximate surface area is 266 Å². The van der Waals surface area contributed by atoms with Gasteiger partial charge in [-0.05, 0) is 59.2 Å². The highest BCUT2D eigenvalue weighted by Gasteiger charge is 2.32. The molecule has 0 aromatic heterocycles. The summed E-state index contributed by atoms with van der Waals surface area (Å²) in [6.07, 6.45) is 0.333. The molecule has 5 N–H and O–H groups in total. The highest BCUT2D eigenvalue weighted by Crippen LogP contribution is 2.41. The van der Waals surface area contributed by atoms with Crippen molar-refractivity contribution in [2.24, 2.45) is 11.8 Å². The van der Waals surface area contributed by atoms with Crippen molar-refractivity contribution in [3.05, 3.63) is 72.3 Å². The van der Waals surface area contributed by atoms with Crippen LogP contribution in [-0.4, -0.2) is 62.3 Å². The quantitative estimate of drug-likeness (QED) is 0.147. The minimum Gasteiger partial charge on any atom is -0.493 e. The molecule has 0 fully saturated rings. The summed E-state index contributed by atoms with van der Waals surface area (Å²) in [5.41, 5.74) is 3.55. The van der Waals surface area contributed by atoms with E-state index in [0.29, 0.717) is 29.2 Å². The van der Waals surface area contributed by atoms with Gasteiger partial charge in [-0.15, -0.1) is 0 Å². The lowest BCUT2D eigenvalue weighted by Crippen LogP contribution is -2.56. The van der Waals surface area contributed by atoms with Crippen molar-refractivity contribution in [3.63, 3.8) is 0 Å². The summed E-state index contributed by atoms with van der Waals surface area (Å²) in [5.74, 6) is -0.554. The SMILES string of the molecule is COc1cc([C@@H](CC(=O)N[C@H](C(=O)N[C@@H](CC(C)C)B(O)O)C(C)C)Nc2cccc(-c3ccccc3)c2)cc(OC)c1OC. The zero-order chi connectivity index (χ0) is 33.1. The number of carbonyl (C=O) groups is 2. The number of nitrogens with one attached hydrogen (secondary N) is 3. The number of carbonyl (C=O) groups excluding carboxylic acids is 2. The molecule has 0 heterocycles. The van der Waals surface area contributed by atoms with Gasteiger partial charge in [0.2, 0.25) is 17.6 Å². The summed E-state index contributed by atoms with van der Waals surface area (Å²) in [7, 11) is 2.86. The highest BCUT2D eigenvalue weighted by molar-refractivity contribution is 6.43. The zero-order valence-electron chi connectivity index (χ0n) is 27.2. The van der Waals surface area contributed by atoms with E-state index in [1.165, 1.54) is 21.3 Å². The third kappa shape index (κ3) is 9.89. The monoisotopic (exact) mass is 619 g/mol. The van der Waals surface area contributed by atoms with E-state index in [-0.39, 0.29) is 24.2 Å². The fourth-order valence-corrected chi connectivity index (χ4v) is 5.16. The average molecular weight is 620 g/mol. The number of ether oxygens (including phenoxy) is 3. The van der Waals surface area contributed by atoms with E-state index in [1.54, 1.807) is 12.1 Å². The van der Waals surface area contributed by atoms with Crippen molar-refractivity contribution in [1.29, 1.82) is 0 Å². The van der Waals surface area contributed by atoms with Crippen molar-refractivity contribution >= 4 is 24.6 Å². The Morgan fingerprint density at radius 1 is 0.800 bits per heavy atom. The summed E-state index contributed by atoms with van der Waals surface area (Å²) in [6.45, 7) is 7.49. The van der Waals surface area contributed by atoms with Gasteiger partial charge >= 0.3 is 7.12 Å². The normalized spacial score (nSPS) is 13.0. The Morgan fingerprint density at radius 3 is 1.96 bits per heavy atom. The van der Waals surface area contributed by atoms with Crippen LogP contribution in [0.5, 0.6) is 17.2 Å². The van der Waals surface area contributed by atoms with E-state index in [4.69, 9.17) is 14.2 Å². The van der Waals surface area contributed by atoms with E-state index in [0.717, 1.165) is 16.8 Å². The molecule has 11 heteroatoms. The second-order valence-corrected chi connectivity index (χ2v) is 11.8. The number of hydrogen-bond donors (Lipinski definition) is 5. The maximum Gasteiger partial charge on any atom is 0.475 e. The van der Waals surface area contributed by atoms with Crippen LogP contribution in [0.4, 0.5) is 5.69 Å². The Balaban J connectivity index is 1.93. The number of hydrogen-bond acceptors (Lipinski definition) is 8. The third-order valence-electron chi connectivity index (χ3n) is 7.47. The fourth-order valence-electron chi connectivity index (χ4n) is 5.16. The van der Waals surface area contributed by atoms with Crippen molar-refractivity contribution in [2.45, 2.75) is 58.6 Å². The minimum absolute atomic E-state index is 0.0389. The van der Waals surface area contributed by atoms with E-state index in [9.17, 15) is 19.6 Å². The molecule has 3 atom stereocenters. The minimum atomic E-state index is -1.72. The second kappa shape index (κ2) is 16.7. The van der Waals surface area contributed by atoms with Gasteiger partial charge in [0.15, 0.2) is 11.5 Å². The molecule has 0 bridgehead atoms. The predicted octanol–water partition coefficient (Wildman–Crippen LogP) is 4.61. The van der Waals surface area contributed by atoms with Crippen molar-refractivity contribution in [1.82, 2.24) is 10.6 Å². The number of rotatable bonds is 16. The van der Waals surface area contributed by atoms with E-state index >= 15 is 0 Å². The Bertz CT molecular complexity index is 1380. The first-order chi connectivity index (χ1) is 21.5. The van der Waals surface area contributed by atoms with E-state index in [2.05, 4.69) is 16.0 Å². The first kappa shape index (κ1) is 35.3. The summed E-state index contributed by atoms with van der Waals surface area (Å²) >= 11 is 0. The van der Waals surface area contributed by atoms with Gasteiger partial charge in [0.25, 0.3) is 0 Å².